The highest BCUT2D eigenvalue weighted by molar-refractivity contribution is 14.0. The van der Waals surface area contributed by atoms with Gasteiger partial charge in [-0.3, -0.25) is 4.99 Å². The second kappa shape index (κ2) is 11.5. The van der Waals surface area contributed by atoms with Crippen LogP contribution in [-0.4, -0.2) is 74.2 Å². The van der Waals surface area contributed by atoms with Gasteiger partial charge in [0.1, 0.15) is 0 Å². The molecule has 2 N–H and O–H groups in total. The number of hydrogen-bond acceptors (Lipinski definition) is 3. The van der Waals surface area contributed by atoms with E-state index in [2.05, 4.69) is 39.3 Å². The van der Waals surface area contributed by atoms with E-state index in [0.717, 1.165) is 19.0 Å². The predicted octanol–water partition coefficient (Wildman–Crippen LogP) is 1.74. The first-order valence-electron chi connectivity index (χ1n) is 8.81. The number of hydrogen-bond donors (Lipinski definition) is 2. The first-order chi connectivity index (χ1) is 10.3. The normalized spacial score (nSPS) is 20.5. The molecule has 1 aliphatic heterocycles. The van der Waals surface area contributed by atoms with Gasteiger partial charge in [0, 0.05) is 45.3 Å². The van der Waals surface area contributed by atoms with Crippen molar-refractivity contribution in [2.24, 2.45) is 4.99 Å². The second-order valence-electron chi connectivity index (χ2n) is 6.16. The van der Waals surface area contributed by atoms with Crippen LogP contribution in [-0.2, 0) is 0 Å². The average molecular weight is 423 g/mol. The summed E-state index contributed by atoms with van der Waals surface area (Å²) in [6.45, 7) is 13.7. The average Bonchev–Trinajstić information content (AvgIpc) is 3.31. The van der Waals surface area contributed by atoms with Crippen molar-refractivity contribution in [1.82, 2.24) is 20.4 Å². The quantitative estimate of drug-likeness (QED) is 0.270. The summed E-state index contributed by atoms with van der Waals surface area (Å²) >= 11 is 0. The van der Waals surface area contributed by atoms with E-state index in [-0.39, 0.29) is 24.0 Å². The topological polar surface area (TPSA) is 42.9 Å². The second-order valence-corrected chi connectivity index (χ2v) is 6.16. The van der Waals surface area contributed by atoms with Gasteiger partial charge in [-0.15, -0.1) is 24.0 Å². The van der Waals surface area contributed by atoms with E-state index in [1.54, 1.807) is 0 Å². The first-order valence-corrected chi connectivity index (χ1v) is 8.81. The van der Waals surface area contributed by atoms with Crippen LogP contribution in [0.1, 0.15) is 39.5 Å². The molecule has 0 unspecified atom stereocenters. The van der Waals surface area contributed by atoms with E-state index in [4.69, 9.17) is 0 Å². The number of rotatable bonds is 8. The maximum Gasteiger partial charge on any atom is 0.191 e. The molecule has 2 rings (SSSR count). The molecule has 1 saturated heterocycles. The summed E-state index contributed by atoms with van der Waals surface area (Å²) in [5.41, 5.74) is 0. The highest BCUT2D eigenvalue weighted by Gasteiger charge is 2.22. The number of unbranched alkanes of at least 4 members (excludes halogenated alkanes) is 1. The molecule has 130 valence electrons. The summed E-state index contributed by atoms with van der Waals surface area (Å²) in [6, 6.07) is 0.678. The summed E-state index contributed by atoms with van der Waals surface area (Å²) in [5, 5.41) is 6.79. The molecule has 0 spiro atoms. The van der Waals surface area contributed by atoms with Crippen molar-refractivity contribution in [3.05, 3.63) is 0 Å². The van der Waals surface area contributed by atoms with Crippen LogP contribution in [0.5, 0.6) is 0 Å². The van der Waals surface area contributed by atoms with Gasteiger partial charge in [0.2, 0.25) is 0 Å². The van der Waals surface area contributed by atoms with Crippen molar-refractivity contribution in [2.45, 2.75) is 45.6 Å². The zero-order valence-corrected chi connectivity index (χ0v) is 16.6. The Hall–Kier alpha value is -0.0800. The van der Waals surface area contributed by atoms with Crippen LogP contribution >= 0.6 is 24.0 Å². The third kappa shape index (κ3) is 7.97. The summed E-state index contributed by atoms with van der Waals surface area (Å²) in [5.74, 6) is 1.01. The van der Waals surface area contributed by atoms with Crippen LogP contribution in [0.25, 0.3) is 0 Å². The molecule has 1 aliphatic carbocycles. The van der Waals surface area contributed by atoms with Gasteiger partial charge in [-0.05, 0) is 45.7 Å². The number of guanidine groups is 1. The van der Waals surface area contributed by atoms with E-state index in [1.165, 1.54) is 65.0 Å². The van der Waals surface area contributed by atoms with Gasteiger partial charge >= 0.3 is 0 Å². The molecule has 0 amide bonds. The maximum atomic E-state index is 4.67. The lowest BCUT2D eigenvalue weighted by Crippen LogP contribution is -2.46. The van der Waals surface area contributed by atoms with Gasteiger partial charge in [-0.2, -0.15) is 0 Å². The van der Waals surface area contributed by atoms with Gasteiger partial charge in [0.15, 0.2) is 5.96 Å². The largest absolute Gasteiger partial charge is 0.357 e. The van der Waals surface area contributed by atoms with E-state index >= 15 is 0 Å². The smallest absolute Gasteiger partial charge is 0.191 e. The van der Waals surface area contributed by atoms with Crippen LogP contribution in [0.15, 0.2) is 4.99 Å². The third-order valence-electron chi connectivity index (χ3n) is 4.33. The molecule has 5 nitrogen and oxygen atoms in total. The van der Waals surface area contributed by atoms with E-state index in [0.29, 0.717) is 6.04 Å². The molecule has 2 fully saturated rings. The van der Waals surface area contributed by atoms with Gasteiger partial charge in [0.25, 0.3) is 0 Å². The molecular weight excluding hydrogens is 389 g/mol. The Morgan fingerprint density at radius 1 is 1.05 bits per heavy atom. The number of nitrogens with zero attached hydrogens (tertiary/aromatic N) is 3. The van der Waals surface area contributed by atoms with Crippen LogP contribution < -0.4 is 10.6 Å². The Labute approximate surface area is 153 Å². The fourth-order valence-electron chi connectivity index (χ4n) is 2.71. The minimum atomic E-state index is 0. The third-order valence-corrected chi connectivity index (χ3v) is 4.33. The molecule has 0 atom stereocenters. The molecule has 0 bridgehead atoms. The Morgan fingerprint density at radius 3 is 2.32 bits per heavy atom. The van der Waals surface area contributed by atoms with Gasteiger partial charge in [-0.1, -0.05) is 6.92 Å². The first kappa shape index (κ1) is 20.0. The van der Waals surface area contributed by atoms with Crippen LogP contribution in [0.2, 0.25) is 0 Å². The summed E-state index contributed by atoms with van der Waals surface area (Å²) in [7, 11) is 0. The number of nitrogens with one attached hydrogen (secondary N) is 2. The molecule has 1 heterocycles. The van der Waals surface area contributed by atoms with Crippen molar-refractivity contribution in [3.8, 4) is 0 Å². The highest BCUT2D eigenvalue weighted by atomic mass is 127. The summed E-state index contributed by atoms with van der Waals surface area (Å²) < 4.78 is 0. The number of piperazine rings is 1. The van der Waals surface area contributed by atoms with Gasteiger partial charge in [-0.25, -0.2) is 0 Å². The van der Waals surface area contributed by atoms with Crippen LogP contribution in [0, 0.1) is 0 Å². The Morgan fingerprint density at radius 2 is 1.73 bits per heavy atom. The lowest BCUT2D eigenvalue weighted by molar-refractivity contribution is 0.136. The minimum Gasteiger partial charge on any atom is -0.357 e. The van der Waals surface area contributed by atoms with E-state index in [9.17, 15) is 0 Å². The van der Waals surface area contributed by atoms with Gasteiger partial charge < -0.3 is 20.4 Å². The van der Waals surface area contributed by atoms with Gasteiger partial charge in [0.05, 0.1) is 0 Å². The monoisotopic (exact) mass is 423 g/mol. The molecular formula is C16H34IN5. The minimum absolute atomic E-state index is 0. The molecule has 0 aromatic carbocycles. The lowest BCUT2D eigenvalue weighted by atomic mass is 10.2. The molecule has 2 aliphatic rings. The van der Waals surface area contributed by atoms with Crippen molar-refractivity contribution in [3.63, 3.8) is 0 Å². The Kier molecular flexibility index (Phi) is 10.4. The maximum absolute atomic E-state index is 4.67. The van der Waals surface area contributed by atoms with Crippen molar-refractivity contribution in [2.75, 3.05) is 52.4 Å². The molecule has 0 radical (unpaired) electrons. The molecule has 0 aromatic heterocycles. The molecule has 22 heavy (non-hydrogen) atoms. The number of aliphatic imine (C=N–C) groups is 1. The van der Waals surface area contributed by atoms with E-state index in [1.807, 2.05) is 0 Å². The van der Waals surface area contributed by atoms with Crippen LogP contribution in [0.4, 0.5) is 0 Å². The summed E-state index contributed by atoms with van der Waals surface area (Å²) in [4.78, 5) is 9.80. The van der Waals surface area contributed by atoms with Crippen molar-refractivity contribution >= 4 is 29.9 Å². The fourth-order valence-corrected chi connectivity index (χ4v) is 2.71. The van der Waals surface area contributed by atoms with Crippen molar-refractivity contribution < 1.29 is 0 Å². The Bertz CT molecular complexity index is 312. The van der Waals surface area contributed by atoms with Crippen LogP contribution in [0.3, 0.4) is 0 Å². The number of halogens is 1. The molecule has 6 heteroatoms. The predicted molar refractivity (Wildman–Crippen MR) is 105 cm³/mol. The fraction of sp³-hybridized carbons (Fsp3) is 0.938. The SMILES string of the molecule is CCNC(=NCCCCN1CCN(CC)CC1)NC1CC1.I. The van der Waals surface area contributed by atoms with E-state index < -0.39 is 0 Å². The summed E-state index contributed by atoms with van der Waals surface area (Å²) in [6.07, 6.45) is 5.05. The van der Waals surface area contributed by atoms with Crippen molar-refractivity contribution in [1.29, 1.82) is 0 Å². The zero-order chi connectivity index (χ0) is 14.9. The molecule has 1 saturated carbocycles. The zero-order valence-electron chi connectivity index (χ0n) is 14.3. The standard InChI is InChI=1S/C16H33N5.HI/c1-3-17-16(19-15-7-8-15)18-9-5-6-10-21-13-11-20(4-2)12-14-21;/h15H,3-14H2,1-2H3,(H2,17,18,19);1H. The molecule has 0 aromatic rings. The lowest BCUT2D eigenvalue weighted by Gasteiger charge is -2.33. The number of likely N-dealkylation sites (N-methyl/N-ethyl adjacent to an activating group) is 1. The highest BCUT2D eigenvalue weighted by Crippen LogP contribution is 2.18. The Balaban J connectivity index is 0.00000242.